The van der Waals surface area contributed by atoms with Crippen molar-refractivity contribution >= 4 is 0 Å². The third-order valence-corrected chi connectivity index (χ3v) is 5.14. The average Bonchev–Trinajstić information content (AvgIpc) is 2.27. The van der Waals surface area contributed by atoms with Gasteiger partial charge in [0.25, 0.3) is 0 Å². The molecule has 0 amide bonds. The molecule has 1 N–H and O–H groups in total. The van der Waals surface area contributed by atoms with Gasteiger partial charge in [0.1, 0.15) is 0 Å². The summed E-state index contributed by atoms with van der Waals surface area (Å²) in [5.74, 6) is 0.257. The molecule has 0 aromatic carbocycles. The first-order valence-corrected chi connectivity index (χ1v) is 7.14. The van der Waals surface area contributed by atoms with Crippen molar-refractivity contribution in [2.45, 2.75) is 57.0 Å². The number of morpholine rings is 1. The van der Waals surface area contributed by atoms with E-state index < -0.39 is 0 Å². The van der Waals surface area contributed by atoms with Gasteiger partial charge in [-0.2, -0.15) is 0 Å². The Labute approximate surface area is 109 Å². The van der Waals surface area contributed by atoms with E-state index in [-0.39, 0.29) is 29.3 Å². The molecule has 0 radical (unpaired) electrons. The van der Waals surface area contributed by atoms with Gasteiger partial charge in [0.2, 0.25) is 0 Å². The first-order valence-electron chi connectivity index (χ1n) is 7.14. The predicted octanol–water partition coefficient (Wildman–Crippen LogP) is 1.03. The first-order chi connectivity index (χ1) is 8.44. The smallest absolute Gasteiger partial charge is 0.0841 e. The second kappa shape index (κ2) is 4.17. The van der Waals surface area contributed by atoms with Crippen LogP contribution in [-0.2, 0) is 9.47 Å². The van der Waals surface area contributed by atoms with Crippen LogP contribution in [0.3, 0.4) is 0 Å². The highest BCUT2D eigenvalue weighted by Gasteiger charge is 2.60. The highest BCUT2D eigenvalue weighted by molar-refractivity contribution is 5.11. The standard InChI is InChI=1S/C14H25NO3/c1-13(2)10-4-5-14(3,18-13)12(11(10)16)15-6-8-17-9-7-15/h10-12,16H,4-9H2,1-3H3/t10-,11-,12+,14-/m1/s1. The summed E-state index contributed by atoms with van der Waals surface area (Å²) in [6, 6.07) is 0.133. The van der Waals surface area contributed by atoms with Crippen LogP contribution in [0.2, 0.25) is 0 Å². The van der Waals surface area contributed by atoms with E-state index in [2.05, 4.69) is 25.7 Å². The van der Waals surface area contributed by atoms with Crippen LogP contribution < -0.4 is 0 Å². The van der Waals surface area contributed by atoms with Crippen LogP contribution >= 0.6 is 0 Å². The highest BCUT2D eigenvalue weighted by Crippen LogP contribution is 2.51. The Hall–Kier alpha value is -0.160. The zero-order chi connectivity index (χ0) is 13.0. The van der Waals surface area contributed by atoms with Gasteiger partial charge in [0.15, 0.2) is 0 Å². The minimum atomic E-state index is -0.273. The Morgan fingerprint density at radius 2 is 1.83 bits per heavy atom. The molecule has 1 aliphatic carbocycles. The molecule has 4 aliphatic rings. The van der Waals surface area contributed by atoms with Crippen LogP contribution in [0.1, 0.15) is 33.6 Å². The monoisotopic (exact) mass is 255 g/mol. The number of rotatable bonds is 1. The molecule has 4 heteroatoms. The maximum absolute atomic E-state index is 10.7. The van der Waals surface area contributed by atoms with Crippen molar-refractivity contribution in [2.75, 3.05) is 26.3 Å². The Morgan fingerprint density at radius 1 is 1.17 bits per heavy atom. The van der Waals surface area contributed by atoms with E-state index in [1.54, 1.807) is 0 Å². The molecule has 0 unspecified atom stereocenters. The van der Waals surface area contributed by atoms with Crippen molar-refractivity contribution in [2.24, 2.45) is 5.92 Å². The number of aliphatic hydroxyl groups is 1. The van der Waals surface area contributed by atoms with Crippen molar-refractivity contribution in [1.82, 2.24) is 4.90 Å². The van der Waals surface area contributed by atoms with Gasteiger partial charge in [0, 0.05) is 19.0 Å². The van der Waals surface area contributed by atoms with Crippen LogP contribution in [0.4, 0.5) is 0 Å². The Kier molecular flexibility index (Phi) is 2.98. The molecule has 0 spiro atoms. The normalized spacial score (nSPS) is 48.3. The Bertz CT molecular complexity index is 327. The van der Waals surface area contributed by atoms with Crippen molar-refractivity contribution in [1.29, 1.82) is 0 Å². The summed E-state index contributed by atoms with van der Waals surface area (Å²) in [5.41, 5.74) is -0.412. The number of aliphatic hydroxyl groups excluding tert-OH is 1. The molecule has 4 fully saturated rings. The minimum Gasteiger partial charge on any atom is -0.391 e. The second-order valence-corrected chi connectivity index (χ2v) is 6.75. The fourth-order valence-electron chi connectivity index (χ4n) is 4.35. The Morgan fingerprint density at radius 3 is 2.39 bits per heavy atom. The van der Waals surface area contributed by atoms with Crippen molar-refractivity contribution in [3.05, 3.63) is 0 Å². The zero-order valence-electron chi connectivity index (χ0n) is 11.7. The summed E-state index contributed by atoms with van der Waals surface area (Å²) in [6.07, 6.45) is 1.86. The third kappa shape index (κ3) is 1.82. The number of ether oxygens (including phenoxy) is 2. The zero-order valence-corrected chi connectivity index (χ0v) is 11.7. The molecule has 104 valence electrons. The molecule has 1 saturated carbocycles. The highest BCUT2D eigenvalue weighted by atomic mass is 16.5. The fourth-order valence-corrected chi connectivity index (χ4v) is 4.35. The minimum absolute atomic E-state index is 0.133. The molecule has 2 bridgehead atoms. The average molecular weight is 255 g/mol. The summed E-state index contributed by atoms with van der Waals surface area (Å²) in [4.78, 5) is 2.37. The van der Waals surface area contributed by atoms with E-state index >= 15 is 0 Å². The van der Waals surface area contributed by atoms with Gasteiger partial charge in [-0.1, -0.05) is 0 Å². The third-order valence-electron chi connectivity index (χ3n) is 5.14. The lowest BCUT2D eigenvalue weighted by atomic mass is 9.64. The largest absolute Gasteiger partial charge is 0.391 e. The maximum Gasteiger partial charge on any atom is 0.0841 e. The number of nitrogens with zero attached hydrogens (tertiary/aromatic N) is 1. The summed E-state index contributed by atoms with van der Waals surface area (Å²) < 4.78 is 11.8. The molecular formula is C14H25NO3. The molecular weight excluding hydrogens is 230 g/mol. The van der Waals surface area contributed by atoms with E-state index in [4.69, 9.17) is 9.47 Å². The number of fused-ring (bicyclic) bond motifs is 3. The van der Waals surface area contributed by atoms with Crippen LogP contribution in [0, 0.1) is 5.92 Å². The van der Waals surface area contributed by atoms with Gasteiger partial charge >= 0.3 is 0 Å². The molecule has 18 heavy (non-hydrogen) atoms. The SMILES string of the molecule is CC1(C)O[C@]2(C)CC[C@@H]1[C@@H](O)[C@@H]2N1CCOCC1. The van der Waals surface area contributed by atoms with Crippen LogP contribution in [0.25, 0.3) is 0 Å². The van der Waals surface area contributed by atoms with E-state index in [0.717, 1.165) is 39.1 Å². The lowest BCUT2D eigenvalue weighted by Crippen LogP contribution is -2.73. The van der Waals surface area contributed by atoms with Gasteiger partial charge in [-0.15, -0.1) is 0 Å². The quantitative estimate of drug-likeness (QED) is 0.760. The van der Waals surface area contributed by atoms with Gasteiger partial charge in [-0.05, 0) is 33.6 Å². The molecule has 4 nitrogen and oxygen atoms in total. The molecule has 3 saturated heterocycles. The van der Waals surface area contributed by atoms with Crippen LogP contribution in [-0.4, -0.2) is 59.7 Å². The first kappa shape index (κ1) is 12.9. The lowest BCUT2D eigenvalue weighted by Gasteiger charge is -2.62. The summed E-state index contributed by atoms with van der Waals surface area (Å²) in [7, 11) is 0. The molecule has 3 heterocycles. The van der Waals surface area contributed by atoms with E-state index in [0.29, 0.717) is 0 Å². The molecule has 4 atom stereocenters. The van der Waals surface area contributed by atoms with Crippen LogP contribution in [0.15, 0.2) is 0 Å². The van der Waals surface area contributed by atoms with Crippen molar-refractivity contribution in [3.63, 3.8) is 0 Å². The summed E-state index contributed by atoms with van der Waals surface area (Å²) >= 11 is 0. The van der Waals surface area contributed by atoms with E-state index in [1.807, 2.05) is 0 Å². The lowest BCUT2D eigenvalue weighted by molar-refractivity contribution is -0.298. The van der Waals surface area contributed by atoms with Gasteiger partial charge in [0.05, 0.1) is 36.6 Å². The van der Waals surface area contributed by atoms with Crippen LogP contribution in [0.5, 0.6) is 0 Å². The van der Waals surface area contributed by atoms with E-state index in [9.17, 15) is 5.11 Å². The van der Waals surface area contributed by atoms with Gasteiger partial charge < -0.3 is 14.6 Å². The van der Waals surface area contributed by atoms with Crippen molar-refractivity contribution in [3.8, 4) is 0 Å². The van der Waals surface area contributed by atoms with Crippen molar-refractivity contribution < 1.29 is 14.6 Å². The maximum atomic E-state index is 10.7. The summed E-state index contributed by atoms with van der Waals surface area (Å²) in [5, 5.41) is 10.7. The predicted molar refractivity (Wildman–Crippen MR) is 68.5 cm³/mol. The topological polar surface area (TPSA) is 41.9 Å². The number of hydrogen-bond donors (Lipinski definition) is 1. The summed E-state index contributed by atoms with van der Waals surface area (Å²) in [6.45, 7) is 9.78. The number of hydrogen-bond acceptors (Lipinski definition) is 4. The van der Waals surface area contributed by atoms with E-state index in [1.165, 1.54) is 0 Å². The van der Waals surface area contributed by atoms with Gasteiger partial charge in [-0.3, -0.25) is 4.90 Å². The molecule has 4 rings (SSSR count). The molecule has 0 aromatic rings. The fraction of sp³-hybridized carbons (Fsp3) is 1.00. The molecule has 0 aromatic heterocycles. The molecule has 3 aliphatic heterocycles. The second-order valence-electron chi connectivity index (χ2n) is 6.75. The van der Waals surface area contributed by atoms with Gasteiger partial charge in [-0.25, -0.2) is 0 Å². The Balaban J connectivity index is 1.87.